The minimum absolute atomic E-state index is 0.120. The van der Waals surface area contributed by atoms with Gasteiger partial charge in [-0.15, -0.1) is 0 Å². The van der Waals surface area contributed by atoms with Crippen LogP contribution in [0.15, 0.2) is 36.6 Å². The van der Waals surface area contributed by atoms with Crippen molar-refractivity contribution in [1.29, 1.82) is 0 Å². The maximum absolute atomic E-state index is 12.2. The monoisotopic (exact) mass is 471 g/mol. The number of H-pyrrole nitrogens is 1. The molecule has 2 N–H and O–H groups in total. The number of nitrogens with zero attached hydrogens (tertiary/aromatic N) is 1. The average Bonchev–Trinajstić information content (AvgIpc) is 2.70. The number of anilines is 1. The summed E-state index contributed by atoms with van der Waals surface area (Å²) in [7, 11) is -3.68. The van der Waals surface area contributed by atoms with Crippen LogP contribution >= 0.6 is 47.8 Å². The van der Waals surface area contributed by atoms with Crippen LogP contribution in [0.1, 0.15) is 5.69 Å². The molecule has 0 spiro atoms. The lowest BCUT2D eigenvalue weighted by molar-refractivity contribution is 0.600. The molecule has 0 fully saturated rings. The van der Waals surface area contributed by atoms with E-state index < -0.39 is 10.0 Å². The van der Waals surface area contributed by atoms with Crippen LogP contribution < -0.4 is 4.72 Å². The van der Waals surface area contributed by atoms with Gasteiger partial charge in [0.2, 0.25) is 0 Å². The normalized spacial score (nSPS) is 11.6. The average molecular weight is 474 g/mol. The number of halogens is 3. The molecule has 5 nitrogen and oxygen atoms in total. The minimum atomic E-state index is -3.68. The predicted octanol–water partition coefficient (Wildman–Crippen LogP) is 3.81. The Kier molecular flexibility index (Phi) is 4.38. The Bertz CT molecular complexity index is 704. The number of benzene rings is 1. The maximum atomic E-state index is 12.2. The number of aromatic nitrogens is 2. The summed E-state index contributed by atoms with van der Waals surface area (Å²) in [6, 6.07) is 3.51. The van der Waals surface area contributed by atoms with E-state index in [1.54, 1.807) is 19.1 Å². The number of nitrogens with one attached hydrogen (secondary N) is 2. The summed E-state index contributed by atoms with van der Waals surface area (Å²) < 4.78 is 29.1. The molecule has 0 saturated heterocycles. The lowest BCUT2D eigenvalue weighted by Gasteiger charge is -2.11. The van der Waals surface area contributed by atoms with Crippen LogP contribution in [-0.4, -0.2) is 18.6 Å². The van der Waals surface area contributed by atoms with Crippen molar-refractivity contribution in [2.45, 2.75) is 11.8 Å². The highest BCUT2D eigenvalue weighted by Crippen LogP contribution is 2.35. The Morgan fingerprint density at radius 2 is 1.79 bits per heavy atom. The van der Waals surface area contributed by atoms with E-state index in [1.807, 2.05) is 0 Å². The van der Waals surface area contributed by atoms with Crippen molar-refractivity contribution in [3.63, 3.8) is 0 Å². The second-order valence-corrected chi connectivity index (χ2v) is 7.98. The predicted molar refractivity (Wildman–Crippen MR) is 83.7 cm³/mol. The number of hydrogen-bond acceptors (Lipinski definition) is 3. The van der Waals surface area contributed by atoms with Crippen molar-refractivity contribution in [3.05, 3.63) is 37.4 Å². The van der Waals surface area contributed by atoms with Gasteiger partial charge in [-0.2, -0.15) is 5.10 Å². The Hall–Kier alpha value is -0.380. The van der Waals surface area contributed by atoms with E-state index in [9.17, 15) is 8.42 Å². The molecule has 0 unspecified atom stereocenters. The Morgan fingerprint density at radius 1 is 1.21 bits per heavy atom. The summed E-state index contributed by atoms with van der Waals surface area (Å²) in [5.41, 5.74) is 0.917. The molecule has 1 aromatic heterocycles. The van der Waals surface area contributed by atoms with Gasteiger partial charge in [0.25, 0.3) is 10.0 Å². The van der Waals surface area contributed by atoms with Crippen LogP contribution in [0.4, 0.5) is 5.69 Å². The van der Waals surface area contributed by atoms with E-state index in [2.05, 4.69) is 62.7 Å². The molecule has 0 bridgehead atoms. The third kappa shape index (κ3) is 3.21. The van der Waals surface area contributed by atoms with Crippen molar-refractivity contribution < 1.29 is 8.42 Å². The van der Waals surface area contributed by atoms with E-state index in [0.717, 1.165) is 4.47 Å². The van der Waals surface area contributed by atoms with E-state index >= 15 is 0 Å². The molecule has 0 aliphatic rings. The van der Waals surface area contributed by atoms with Crippen LogP contribution in [0.2, 0.25) is 0 Å². The van der Waals surface area contributed by atoms with Gasteiger partial charge in [-0.1, -0.05) is 15.9 Å². The van der Waals surface area contributed by atoms with Crippen LogP contribution in [0, 0.1) is 6.92 Å². The smallest absolute Gasteiger partial charge is 0.265 e. The number of aromatic amines is 1. The number of hydrogen-bond donors (Lipinski definition) is 2. The molecule has 2 rings (SSSR count). The van der Waals surface area contributed by atoms with Gasteiger partial charge in [0.05, 0.1) is 17.6 Å². The van der Waals surface area contributed by atoms with Gasteiger partial charge in [-0.25, -0.2) is 8.42 Å². The standard InChI is InChI=1S/C10H8Br3N3O2S/c1-5-9(4-14-15-5)19(17,18)16-10-7(12)2-6(11)3-8(10)13/h2-4,16H,1H3,(H,14,15). The van der Waals surface area contributed by atoms with Gasteiger partial charge < -0.3 is 0 Å². The quantitative estimate of drug-likeness (QED) is 0.712. The molecular weight excluding hydrogens is 466 g/mol. The van der Waals surface area contributed by atoms with Crippen LogP contribution in [0.5, 0.6) is 0 Å². The molecule has 0 aliphatic heterocycles. The summed E-state index contributed by atoms with van der Waals surface area (Å²) in [4.78, 5) is 0.120. The first-order chi connectivity index (χ1) is 8.81. The highest BCUT2D eigenvalue weighted by atomic mass is 79.9. The second-order valence-electron chi connectivity index (χ2n) is 3.71. The molecule has 0 saturated carbocycles. The molecule has 9 heteroatoms. The second kappa shape index (κ2) is 5.55. The zero-order chi connectivity index (χ0) is 14.2. The van der Waals surface area contributed by atoms with Crippen LogP contribution in [0.25, 0.3) is 0 Å². The summed E-state index contributed by atoms with van der Waals surface area (Å²) in [6.07, 6.45) is 1.28. The molecule has 1 heterocycles. The minimum Gasteiger partial charge on any atom is -0.281 e. The summed E-state index contributed by atoms with van der Waals surface area (Å²) in [6.45, 7) is 1.65. The highest BCUT2D eigenvalue weighted by molar-refractivity contribution is 9.11. The lowest BCUT2D eigenvalue weighted by Crippen LogP contribution is -2.14. The molecule has 0 amide bonds. The van der Waals surface area contributed by atoms with Gasteiger partial charge in [0, 0.05) is 13.4 Å². The first kappa shape index (κ1) is 15.0. The lowest BCUT2D eigenvalue weighted by atomic mass is 10.3. The van der Waals surface area contributed by atoms with Crippen LogP contribution in [0.3, 0.4) is 0 Å². The maximum Gasteiger partial charge on any atom is 0.265 e. The van der Waals surface area contributed by atoms with Crippen molar-refractivity contribution in [2.24, 2.45) is 0 Å². The van der Waals surface area contributed by atoms with E-state index in [1.165, 1.54) is 6.20 Å². The molecule has 2 aromatic rings. The molecule has 19 heavy (non-hydrogen) atoms. The van der Waals surface area contributed by atoms with Gasteiger partial charge in [0.15, 0.2) is 0 Å². The van der Waals surface area contributed by atoms with Gasteiger partial charge in [-0.3, -0.25) is 9.82 Å². The fourth-order valence-corrected chi connectivity index (χ4v) is 5.40. The number of aryl methyl sites for hydroxylation is 1. The summed E-state index contributed by atoms with van der Waals surface area (Å²) in [5, 5.41) is 6.31. The molecule has 1 aromatic carbocycles. The molecule has 0 radical (unpaired) electrons. The Morgan fingerprint density at radius 3 is 2.26 bits per heavy atom. The molecular formula is C10H8Br3N3O2S. The van der Waals surface area contributed by atoms with Gasteiger partial charge in [0.1, 0.15) is 4.90 Å². The molecule has 102 valence electrons. The van der Waals surface area contributed by atoms with Gasteiger partial charge >= 0.3 is 0 Å². The van der Waals surface area contributed by atoms with Gasteiger partial charge in [-0.05, 0) is 50.9 Å². The summed E-state index contributed by atoms with van der Waals surface area (Å²) >= 11 is 9.97. The van der Waals surface area contributed by atoms with E-state index in [-0.39, 0.29) is 4.90 Å². The largest absolute Gasteiger partial charge is 0.281 e. The van der Waals surface area contributed by atoms with Crippen LogP contribution in [-0.2, 0) is 10.0 Å². The first-order valence-electron chi connectivity index (χ1n) is 4.98. The third-order valence-electron chi connectivity index (χ3n) is 2.32. The van der Waals surface area contributed by atoms with Crippen molar-refractivity contribution in [2.75, 3.05) is 4.72 Å². The van der Waals surface area contributed by atoms with Crippen molar-refractivity contribution in [3.8, 4) is 0 Å². The number of sulfonamides is 1. The molecule has 0 aliphatic carbocycles. The Labute approximate surface area is 135 Å². The fourth-order valence-electron chi connectivity index (χ4n) is 1.44. The van der Waals surface area contributed by atoms with E-state index in [0.29, 0.717) is 20.3 Å². The zero-order valence-electron chi connectivity index (χ0n) is 9.54. The molecule has 0 atom stereocenters. The Balaban J connectivity index is 2.45. The summed E-state index contributed by atoms with van der Waals surface area (Å²) in [5.74, 6) is 0. The zero-order valence-corrected chi connectivity index (χ0v) is 15.1. The van der Waals surface area contributed by atoms with Crippen molar-refractivity contribution in [1.82, 2.24) is 10.2 Å². The van der Waals surface area contributed by atoms with E-state index in [4.69, 9.17) is 0 Å². The van der Waals surface area contributed by atoms with Crippen molar-refractivity contribution >= 4 is 63.5 Å². The number of rotatable bonds is 3. The SMILES string of the molecule is Cc1[nH]ncc1S(=O)(=O)Nc1c(Br)cc(Br)cc1Br. The fraction of sp³-hybridized carbons (Fsp3) is 0.100. The topological polar surface area (TPSA) is 74.8 Å². The third-order valence-corrected chi connectivity index (χ3v) is 5.49. The highest BCUT2D eigenvalue weighted by Gasteiger charge is 2.21. The first-order valence-corrected chi connectivity index (χ1v) is 8.85.